The highest BCUT2D eigenvalue weighted by molar-refractivity contribution is 7.99. The average molecular weight is 510 g/mol. The summed E-state index contributed by atoms with van der Waals surface area (Å²) in [6, 6.07) is 21.9. The van der Waals surface area contributed by atoms with Gasteiger partial charge in [0.2, 0.25) is 0 Å². The van der Waals surface area contributed by atoms with Crippen LogP contribution in [0.2, 0.25) is 5.02 Å². The number of carboxylic acids is 1. The third-order valence-electron chi connectivity index (χ3n) is 5.27. The van der Waals surface area contributed by atoms with E-state index in [1.165, 1.54) is 24.3 Å². The van der Waals surface area contributed by atoms with Gasteiger partial charge in [0.25, 0.3) is 0 Å². The molecule has 4 aromatic rings. The lowest BCUT2D eigenvalue weighted by atomic mass is 10.0. The zero-order valence-corrected chi connectivity index (χ0v) is 19.9. The van der Waals surface area contributed by atoms with E-state index in [0.717, 1.165) is 35.3 Å². The van der Waals surface area contributed by atoms with Crippen LogP contribution < -0.4 is 4.90 Å². The number of carbonyl (C=O) groups is 2. The first-order valence-electron chi connectivity index (χ1n) is 10.4. The Morgan fingerprint density at radius 1 is 0.743 bits per heavy atom. The van der Waals surface area contributed by atoms with Crippen LogP contribution in [0.5, 0.6) is 0 Å². The Labute approximate surface area is 209 Å². The van der Waals surface area contributed by atoms with Crippen molar-refractivity contribution in [2.45, 2.75) is 9.79 Å². The van der Waals surface area contributed by atoms with Gasteiger partial charge in [0.15, 0.2) is 17.4 Å². The molecule has 0 saturated carbocycles. The standard InChI is InChI=1S/C27H18ClF2NO3S/c1-31(21-8-4-19(28)5-9-21)20-6-2-16(3-7-20)26(32)17-12-18(27(33)34)14-23(13-17)35-22-10-11-24(29)25(30)15-22/h2-15H,1H3,(H,33,34). The fraction of sp³-hybridized carbons (Fsp3) is 0.0370. The molecule has 0 spiro atoms. The molecule has 0 fully saturated rings. The maximum absolute atomic E-state index is 13.6. The molecule has 0 aliphatic rings. The second kappa shape index (κ2) is 10.3. The smallest absolute Gasteiger partial charge is 0.335 e. The Morgan fingerprint density at radius 3 is 1.94 bits per heavy atom. The summed E-state index contributed by atoms with van der Waals surface area (Å²) in [4.78, 5) is 27.5. The van der Waals surface area contributed by atoms with Crippen LogP contribution >= 0.6 is 23.4 Å². The molecule has 0 aliphatic heterocycles. The molecule has 0 radical (unpaired) electrons. The molecule has 0 heterocycles. The highest BCUT2D eigenvalue weighted by Crippen LogP contribution is 2.31. The van der Waals surface area contributed by atoms with Crippen LogP contribution in [0, 0.1) is 11.6 Å². The molecule has 176 valence electrons. The predicted molar refractivity (Wildman–Crippen MR) is 133 cm³/mol. The van der Waals surface area contributed by atoms with Crippen LogP contribution in [0.3, 0.4) is 0 Å². The second-order valence-electron chi connectivity index (χ2n) is 7.64. The van der Waals surface area contributed by atoms with Crippen LogP contribution in [0.1, 0.15) is 26.3 Å². The lowest BCUT2D eigenvalue weighted by Crippen LogP contribution is -2.10. The van der Waals surface area contributed by atoms with Crippen LogP contribution in [-0.2, 0) is 0 Å². The zero-order chi connectivity index (χ0) is 25.1. The second-order valence-corrected chi connectivity index (χ2v) is 9.22. The molecule has 35 heavy (non-hydrogen) atoms. The zero-order valence-electron chi connectivity index (χ0n) is 18.3. The Bertz CT molecular complexity index is 1410. The van der Waals surface area contributed by atoms with Crippen molar-refractivity contribution in [3.8, 4) is 0 Å². The number of nitrogens with zero attached hydrogens (tertiary/aromatic N) is 1. The van der Waals surface area contributed by atoms with Crippen molar-refractivity contribution in [3.63, 3.8) is 0 Å². The summed E-state index contributed by atoms with van der Waals surface area (Å²) in [6.45, 7) is 0. The maximum Gasteiger partial charge on any atom is 0.335 e. The van der Waals surface area contributed by atoms with E-state index in [9.17, 15) is 23.5 Å². The van der Waals surface area contributed by atoms with Crippen molar-refractivity contribution in [2.75, 3.05) is 11.9 Å². The number of halogens is 3. The SMILES string of the molecule is CN(c1ccc(Cl)cc1)c1ccc(C(=O)c2cc(Sc3ccc(F)c(F)c3)cc(C(=O)O)c2)cc1. The largest absolute Gasteiger partial charge is 0.478 e. The molecule has 4 rings (SSSR count). The minimum Gasteiger partial charge on any atom is -0.478 e. The van der Waals surface area contributed by atoms with Crippen molar-refractivity contribution in [2.24, 2.45) is 0 Å². The van der Waals surface area contributed by atoms with Crippen LogP contribution in [0.15, 0.2) is 94.7 Å². The molecule has 4 aromatic carbocycles. The molecular weight excluding hydrogens is 492 g/mol. The minimum atomic E-state index is -1.20. The van der Waals surface area contributed by atoms with Gasteiger partial charge in [-0.15, -0.1) is 0 Å². The maximum atomic E-state index is 13.6. The lowest BCUT2D eigenvalue weighted by Gasteiger charge is -2.19. The number of hydrogen-bond donors (Lipinski definition) is 1. The number of anilines is 2. The number of ketones is 1. The molecule has 0 aromatic heterocycles. The fourth-order valence-electron chi connectivity index (χ4n) is 3.41. The van der Waals surface area contributed by atoms with Crippen LogP contribution in [-0.4, -0.2) is 23.9 Å². The van der Waals surface area contributed by atoms with Gasteiger partial charge >= 0.3 is 5.97 Å². The molecule has 0 bridgehead atoms. The molecule has 0 atom stereocenters. The molecule has 1 N–H and O–H groups in total. The summed E-state index contributed by atoms with van der Waals surface area (Å²) in [5.74, 6) is -3.55. The number of carbonyl (C=O) groups excluding carboxylic acids is 1. The molecule has 0 saturated heterocycles. The summed E-state index contributed by atoms with van der Waals surface area (Å²) in [5.41, 5.74) is 2.23. The third kappa shape index (κ3) is 5.70. The van der Waals surface area contributed by atoms with Crippen LogP contribution in [0.4, 0.5) is 20.2 Å². The molecule has 0 amide bonds. The topological polar surface area (TPSA) is 57.6 Å². The van der Waals surface area contributed by atoms with Crippen LogP contribution in [0.25, 0.3) is 0 Å². The Hall–Kier alpha value is -3.68. The monoisotopic (exact) mass is 509 g/mol. The van der Waals surface area contributed by atoms with Gasteiger partial charge in [0, 0.05) is 44.4 Å². The molecule has 4 nitrogen and oxygen atoms in total. The highest BCUT2D eigenvalue weighted by Gasteiger charge is 2.16. The van der Waals surface area contributed by atoms with Crippen molar-refractivity contribution in [3.05, 3.63) is 118 Å². The fourth-order valence-corrected chi connectivity index (χ4v) is 4.47. The first-order chi connectivity index (χ1) is 16.7. The van der Waals surface area contributed by atoms with Gasteiger partial charge in [-0.1, -0.05) is 23.4 Å². The van der Waals surface area contributed by atoms with Gasteiger partial charge in [-0.3, -0.25) is 4.79 Å². The van der Waals surface area contributed by atoms with Gasteiger partial charge < -0.3 is 10.0 Å². The first-order valence-corrected chi connectivity index (χ1v) is 11.6. The summed E-state index contributed by atoms with van der Waals surface area (Å²) in [6.07, 6.45) is 0. The summed E-state index contributed by atoms with van der Waals surface area (Å²) < 4.78 is 26.8. The van der Waals surface area contributed by atoms with E-state index in [-0.39, 0.29) is 16.9 Å². The van der Waals surface area contributed by atoms with E-state index in [4.69, 9.17) is 11.6 Å². The highest BCUT2D eigenvalue weighted by atomic mass is 35.5. The van der Waals surface area contributed by atoms with Crippen molar-refractivity contribution >= 4 is 46.5 Å². The lowest BCUT2D eigenvalue weighted by molar-refractivity contribution is 0.0696. The van der Waals surface area contributed by atoms with Crippen molar-refractivity contribution < 1.29 is 23.5 Å². The van der Waals surface area contributed by atoms with Gasteiger partial charge in [-0.25, -0.2) is 13.6 Å². The Morgan fingerprint density at radius 2 is 1.34 bits per heavy atom. The Balaban J connectivity index is 1.61. The summed E-state index contributed by atoms with van der Waals surface area (Å²) in [7, 11) is 1.89. The predicted octanol–water partition coefficient (Wildman–Crippen LogP) is 7.47. The molecule has 0 unspecified atom stereocenters. The van der Waals surface area contributed by atoms with E-state index in [0.29, 0.717) is 20.4 Å². The summed E-state index contributed by atoms with van der Waals surface area (Å²) >= 11 is 6.99. The third-order valence-corrected chi connectivity index (χ3v) is 6.49. The average Bonchev–Trinajstić information content (AvgIpc) is 2.86. The number of hydrogen-bond acceptors (Lipinski definition) is 4. The normalized spacial score (nSPS) is 10.7. The van der Waals surface area contributed by atoms with E-state index < -0.39 is 17.6 Å². The number of rotatable bonds is 7. The molecular formula is C27H18ClF2NO3S. The molecule has 8 heteroatoms. The first kappa shape index (κ1) is 24.4. The number of aromatic carboxylic acids is 1. The molecule has 0 aliphatic carbocycles. The van der Waals surface area contributed by atoms with Gasteiger partial charge in [0.05, 0.1) is 5.56 Å². The van der Waals surface area contributed by atoms with Gasteiger partial charge in [-0.05, 0) is 84.9 Å². The van der Waals surface area contributed by atoms with E-state index in [1.54, 1.807) is 36.4 Å². The summed E-state index contributed by atoms with van der Waals surface area (Å²) in [5, 5.41) is 10.1. The van der Waals surface area contributed by atoms with E-state index in [2.05, 4.69) is 0 Å². The number of benzene rings is 4. The van der Waals surface area contributed by atoms with Crippen molar-refractivity contribution in [1.29, 1.82) is 0 Å². The van der Waals surface area contributed by atoms with Gasteiger partial charge in [-0.2, -0.15) is 0 Å². The van der Waals surface area contributed by atoms with E-state index in [1.807, 2.05) is 24.1 Å². The van der Waals surface area contributed by atoms with Gasteiger partial charge in [0.1, 0.15) is 0 Å². The van der Waals surface area contributed by atoms with Crippen molar-refractivity contribution in [1.82, 2.24) is 0 Å². The quantitative estimate of drug-likeness (QED) is 0.262. The van der Waals surface area contributed by atoms with E-state index >= 15 is 0 Å². The minimum absolute atomic E-state index is 0.0833. The number of carboxylic acid groups (broad SMARTS) is 1. The Kier molecular flexibility index (Phi) is 7.19.